The van der Waals surface area contributed by atoms with Crippen LogP contribution in [0.25, 0.3) is 11.2 Å². The number of rotatable bonds is 4. The maximum atomic E-state index is 11.1. The van der Waals surface area contributed by atoms with Gasteiger partial charge in [-0.3, -0.25) is 0 Å². The third-order valence-electron chi connectivity index (χ3n) is 5.90. The van der Waals surface area contributed by atoms with Gasteiger partial charge in [0.25, 0.3) is 0 Å². The van der Waals surface area contributed by atoms with Crippen LogP contribution in [0.3, 0.4) is 0 Å². The molecule has 2 aromatic rings. The maximum absolute atomic E-state index is 11.1. The number of ether oxygens (including phenoxy) is 1. The topological polar surface area (TPSA) is 108 Å². The van der Waals surface area contributed by atoms with Crippen LogP contribution in [0.15, 0.2) is 18.5 Å². The lowest BCUT2D eigenvalue weighted by atomic mass is 10.1. The minimum absolute atomic E-state index is 0.00547. The zero-order valence-electron chi connectivity index (χ0n) is 17.1. The molecule has 0 radical (unpaired) electrons. The molecule has 10 heteroatoms. The van der Waals surface area contributed by atoms with E-state index in [1.54, 1.807) is 18.0 Å². The summed E-state index contributed by atoms with van der Waals surface area (Å²) >= 11 is 6.14. The van der Waals surface area contributed by atoms with E-state index in [4.69, 9.17) is 26.5 Å². The van der Waals surface area contributed by atoms with Crippen molar-refractivity contribution in [2.45, 2.75) is 63.3 Å². The van der Waals surface area contributed by atoms with Gasteiger partial charge in [0.1, 0.15) is 17.7 Å². The van der Waals surface area contributed by atoms with Gasteiger partial charge in [0.05, 0.1) is 18.5 Å². The van der Waals surface area contributed by atoms with E-state index in [9.17, 15) is 5.11 Å². The quantitative estimate of drug-likeness (QED) is 0.440. The van der Waals surface area contributed by atoms with E-state index < -0.39 is 32.7 Å². The van der Waals surface area contributed by atoms with Crippen molar-refractivity contribution >= 4 is 37.0 Å². The average Bonchev–Trinajstić information content (AvgIpc) is 3.06. The van der Waals surface area contributed by atoms with Gasteiger partial charge in [0, 0.05) is 7.11 Å². The number of aliphatic hydroxyl groups excluding tert-OH is 1. The minimum Gasteiger partial charge on any atom is -0.407 e. The SMILES string of the molecule is C=C1[C@@H](n2cnc3c(Cl)nc(N)nc32)[C@H](O)[C@H](OC)[C@H]1O[Si](C)(C)C(C)(C)C. The Bertz CT molecular complexity index is 910. The summed E-state index contributed by atoms with van der Waals surface area (Å²) in [5.41, 5.74) is 7.31. The van der Waals surface area contributed by atoms with Crippen LogP contribution >= 0.6 is 11.6 Å². The predicted octanol–water partition coefficient (Wildman–Crippen LogP) is 2.94. The van der Waals surface area contributed by atoms with Crippen molar-refractivity contribution in [1.29, 1.82) is 0 Å². The van der Waals surface area contributed by atoms with Crippen molar-refractivity contribution < 1.29 is 14.3 Å². The second kappa shape index (κ2) is 7.07. The number of hydrogen-bond donors (Lipinski definition) is 2. The molecule has 2 aromatic heterocycles. The minimum atomic E-state index is -2.13. The van der Waals surface area contributed by atoms with E-state index >= 15 is 0 Å². The summed E-state index contributed by atoms with van der Waals surface area (Å²) in [6.07, 6.45) is -0.332. The van der Waals surface area contributed by atoms with Gasteiger partial charge in [-0.1, -0.05) is 39.0 Å². The Hall–Kier alpha value is -1.52. The van der Waals surface area contributed by atoms with E-state index in [0.29, 0.717) is 16.7 Å². The normalized spacial score (nSPS) is 26.4. The summed E-state index contributed by atoms with van der Waals surface area (Å²) in [5, 5.41) is 11.2. The molecule has 0 saturated heterocycles. The van der Waals surface area contributed by atoms with Crippen molar-refractivity contribution in [2.75, 3.05) is 12.8 Å². The molecular weight excluding hydrogens is 398 g/mol. The third kappa shape index (κ3) is 3.35. The molecule has 0 aliphatic heterocycles. The van der Waals surface area contributed by atoms with Crippen LogP contribution in [0.5, 0.6) is 0 Å². The predicted molar refractivity (Wildman–Crippen MR) is 112 cm³/mol. The van der Waals surface area contributed by atoms with Crippen LogP contribution in [-0.2, 0) is 9.16 Å². The van der Waals surface area contributed by atoms with Crippen molar-refractivity contribution in [1.82, 2.24) is 19.5 Å². The standard InChI is InChI=1S/C18H28ClN5O3Si/c1-9-11(24-8-21-10-15(19)22-17(20)23-16(10)24)12(25)14(26-5)13(9)27-28(6,7)18(2,3)4/h8,11-14,25H,1H2,2-7H3,(H2,20,22,23)/t11-,12+,13+,14+/m1/s1. The third-order valence-corrected chi connectivity index (χ3v) is 10.6. The number of nitrogens with two attached hydrogens (primary N) is 1. The number of imidazole rings is 1. The molecule has 154 valence electrons. The average molecular weight is 426 g/mol. The lowest BCUT2D eigenvalue weighted by molar-refractivity contribution is -0.0449. The Morgan fingerprint density at radius 1 is 1.32 bits per heavy atom. The highest BCUT2D eigenvalue weighted by Gasteiger charge is 2.51. The monoisotopic (exact) mass is 425 g/mol. The summed E-state index contributed by atoms with van der Waals surface area (Å²) in [6.45, 7) is 15.1. The molecule has 1 aliphatic carbocycles. The van der Waals surface area contributed by atoms with E-state index in [0.717, 1.165) is 0 Å². The van der Waals surface area contributed by atoms with Crippen LogP contribution < -0.4 is 5.73 Å². The van der Waals surface area contributed by atoms with Crippen LogP contribution in [0, 0.1) is 0 Å². The summed E-state index contributed by atoms with van der Waals surface area (Å²) < 4.78 is 13.9. The summed E-state index contributed by atoms with van der Waals surface area (Å²) in [4.78, 5) is 12.5. The maximum Gasteiger partial charge on any atom is 0.223 e. The molecule has 1 aliphatic rings. The van der Waals surface area contributed by atoms with Gasteiger partial charge in [-0.05, 0) is 23.7 Å². The lowest BCUT2D eigenvalue weighted by Gasteiger charge is -2.39. The summed E-state index contributed by atoms with van der Waals surface area (Å²) in [7, 11) is -0.565. The highest BCUT2D eigenvalue weighted by atomic mass is 35.5. The first-order valence-corrected chi connectivity index (χ1v) is 12.4. The molecule has 28 heavy (non-hydrogen) atoms. The molecule has 0 aromatic carbocycles. The fourth-order valence-electron chi connectivity index (χ4n) is 3.30. The Kier molecular flexibility index (Phi) is 5.35. The lowest BCUT2D eigenvalue weighted by Crippen LogP contribution is -2.47. The van der Waals surface area contributed by atoms with Crippen LogP contribution in [0.2, 0.25) is 23.3 Å². The molecule has 0 spiro atoms. The smallest absolute Gasteiger partial charge is 0.223 e. The molecule has 1 fully saturated rings. The summed E-state index contributed by atoms with van der Waals surface area (Å²) in [5.74, 6) is 0.0368. The van der Waals surface area contributed by atoms with Gasteiger partial charge < -0.3 is 24.6 Å². The Morgan fingerprint density at radius 2 is 1.96 bits per heavy atom. The number of hydrogen-bond acceptors (Lipinski definition) is 7. The first-order valence-electron chi connectivity index (χ1n) is 9.12. The second-order valence-corrected chi connectivity index (χ2v) is 13.8. The zero-order valence-corrected chi connectivity index (χ0v) is 18.9. The zero-order chi connectivity index (χ0) is 21.0. The molecule has 2 heterocycles. The van der Waals surface area contributed by atoms with E-state index in [-0.39, 0.29) is 16.1 Å². The van der Waals surface area contributed by atoms with Crippen molar-refractivity contribution in [2.24, 2.45) is 0 Å². The van der Waals surface area contributed by atoms with Crippen LogP contribution in [0.1, 0.15) is 26.8 Å². The fourth-order valence-corrected chi connectivity index (χ4v) is 4.80. The number of anilines is 1. The number of aromatic nitrogens is 4. The van der Waals surface area contributed by atoms with Gasteiger partial charge in [0.15, 0.2) is 19.1 Å². The second-order valence-electron chi connectivity index (χ2n) is 8.71. The van der Waals surface area contributed by atoms with Gasteiger partial charge in [-0.15, -0.1) is 0 Å². The number of methoxy groups -OCH3 is 1. The molecule has 0 bridgehead atoms. The van der Waals surface area contributed by atoms with E-state index in [1.165, 1.54) is 0 Å². The molecular formula is C18H28ClN5O3Si. The first-order chi connectivity index (χ1) is 12.9. The Labute approximate surface area is 170 Å². The number of aliphatic hydroxyl groups is 1. The van der Waals surface area contributed by atoms with Gasteiger partial charge in [-0.2, -0.15) is 9.97 Å². The summed E-state index contributed by atoms with van der Waals surface area (Å²) in [6, 6.07) is -0.532. The molecule has 0 unspecified atom stereocenters. The first kappa shape index (κ1) is 21.2. The van der Waals surface area contributed by atoms with E-state index in [1.807, 2.05) is 0 Å². The highest BCUT2D eigenvalue weighted by Crippen LogP contribution is 2.45. The van der Waals surface area contributed by atoms with Crippen molar-refractivity contribution in [3.8, 4) is 0 Å². The molecule has 0 amide bonds. The molecule has 4 atom stereocenters. The molecule has 8 nitrogen and oxygen atoms in total. The highest BCUT2D eigenvalue weighted by molar-refractivity contribution is 6.74. The largest absolute Gasteiger partial charge is 0.407 e. The van der Waals surface area contributed by atoms with Crippen molar-refractivity contribution in [3.05, 3.63) is 23.6 Å². The van der Waals surface area contributed by atoms with Crippen LogP contribution in [-0.4, -0.2) is 58.4 Å². The number of nitrogens with zero attached hydrogens (tertiary/aromatic N) is 4. The molecule has 3 rings (SSSR count). The number of nitrogen functional groups attached to an aromatic ring is 1. The van der Waals surface area contributed by atoms with Crippen LogP contribution in [0.4, 0.5) is 5.95 Å². The Morgan fingerprint density at radius 3 is 2.54 bits per heavy atom. The number of fused-ring (bicyclic) bond motifs is 1. The molecule has 1 saturated carbocycles. The van der Waals surface area contributed by atoms with Gasteiger partial charge >= 0.3 is 0 Å². The number of halogens is 1. The Balaban J connectivity index is 2.03. The fraction of sp³-hybridized carbons (Fsp3) is 0.611. The van der Waals surface area contributed by atoms with Crippen molar-refractivity contribution in [3.63, 3.8) is 0 Å². The molecule has 3 N–H and O–H groups in total. The van der Waals surface area contributed by atoms with E-state index in [2.05, 4.69) is 55.4 Å². The van der Waals surface area contributed by atoms with Gasteiger partial charge in [0.2, 0.25) is 5.95 Å². The van der Waals surface area contributed by atoms with Gasteiger partial charge in [-0.25, -0.2) is 4.98 Å².